The number of ether oxygens (including phenoxy) is 1. The van der Waals surface area contributed by atoms with Crippen LogP contribution in [0, 0.1) is 0 Å². The number of benzene rings is 3. The molecule has 14 nitrogen and oxygen atoms in total. The Kier molecular flexibility index (Phi) is 8.10. The highest BCUT2D eigenvalue weighted by Gasteiger charge is 2.25. The fourth-order valence-corrected chi connectivity index (χ4v) is 5.06. The normalized spacial score (nSPS) is 11.2. The molecule has 4 N–H and O–H groups in total. The number of amides is 1. The summed E-state index contributed by atoms with van der Waals surface area (Å²) in [5.41, 5.74) is 9.39. The Labute approximate surface area is 262 Å². The van der Waals surface area contributed by atoms with Crippen LogP contribution in [0.5, 0.6) is 0 Å². The first-order chi connectivity index (χ1) is 22.2. The summed E-state index contributed by atoms with van der Waals surface area (Å²) in [7, 11) is 4.03. The molecule has 46 heavy (non-hydrogen) atoms. The lowest BCUT2D eigenvalue weighted by Gasteiger charge is -2.15. The van der Waals surface area contributed by atoms with E-state index >= 15 is 0 Å². The van der Waals surface area contributed by atoms with Gasteiger partial charge in [-0.1, -0.05) is 48.5 Å². The van der Waals surface area contributed by atoms with Gasteiger partial charge in [-0.05, 0) is 62.0 Å². The molecule has 3 heterocycles. The van der Waals surface area contributed by atoms with Crippen molar-refractivity contribution in [2.75, 3.05) is 31.8 Å². The van der Waals surface area contributed by atoms with E-state index in [9.17, 15) is 14.4 Å². The third kappa shape index (κ3) is 5.84. The Balaban J connectivity index is 1.36. The second-order valence-electron chi connectivity index (χ2n) is 10.6. The van der Waals surface area contributed by atoms with Gasteiger partial charge in [-0.25, -0.2) is 23.8 Å². The number of anilines is 2. The van der Waals surface area contributed by atoms with Gasteiger partial charge in [-0.15, -0.1) is 10.2 Å². The number of H-pyrrole nitrogens is 1. The molecule has 0 fully saturated rings. The van der Waals surface area contributed by atoms with E-state index in [-0.39, 0.29) is 29.3 Å². The van der Waals surface area contributed by atoms with E-state index < -0.39 is 17.6 Å². The number of rotatable bonds is 8. The minimum absolute atomic E-state index is 0.0115. The molecule has 0 saturated heterocycles. The molecule has 6 rings (SSSR count). The number of carbonyl (C=O) groups is 2. The Bertz CT molecular complexity index is 2130. The van der Waals surface area contributed by atoms with Gasteiger partial charge in [-0.3, -0.25) is 4.79 Å². The van der Waals surface area contributed by atoms with Gasteiger partial charge < -0.3 is 25.7 Å². The number of hydrogen-bond donors (Lipinski definition) is 3. The van der Waals surface area contributed by atoms with Gasteiger partial charge in [0.1, 0.15) is 11.8 Å². The molecule has 0 unspecified atom stereocenters. The first-order valence-electron chi connectivity index (χ1n) is 14.3. The van der Waals surface area contributed by atoms with Crippen molar-refractivity contribution in [2.45, 2.75) is 13.5 Å². The van der Waals surface area contributed by atoms with Crippen LogP contribution in [0.1, 0.15) is 23.0 Å². The van der Waals surface area contributed by atoms with E-state index in [0.717, 1.165) is 28.6 Å². The molecule has 14 heteroatoms. The highest BCUT2D eigenvalue weighted by molar-refractivity contribution is 6.01. The second-order valence-corrected chi connectivity index (χ2v) is 10.6. The Morgan fingerprint density at radius 3 is 2.50 bits per heavy atom. The summed E-state index contributed by atoms with van der Waals surface area (Å²) in [6.07, 6.45) is 1.06. The number of nitrogen functional groups attached to an aromatic ring is 1. The van der Waals surface area contributed by atoms with E-state index in [2.05, 4.69) is 47.6 Å². The van der Waals surface area contributed by atoms with E-state index in [1.165, 1.54) is 10.2 Å². The van der Waals surface area contributed by atoms with Gasteiger partial charge in [0.2, 0.25) is 5.95 Å². The van der Waals surface area contributed by atoms with Crippen LogP contribution in [-0.2, 0) is 11.3 Å². The van der Waals surface area contributed by atoms with Gasteiger partial charge >= 0.3 is 12.0 Å². The first-order valence-corrected chi connectivity index (χ1v) is 14.3. The van der Waals surface area contributed by atoms with Crippen molar-refractivity contribution in [1.29, 1.82) is 0 Å². The van der Waals surface area contributed by atoms with Crippen LogP contribution in [0.4, 0.5) is 16.4 Å². The third-order valence-corrected chi connectivity index (χ3v) is 7.09. The predicted molar refractivity (Wildman–Crippen MR) is 173 cm³/mol. The van der Waals surface area contributed by atoms with Crippen LogP contribution >= 0.6 is 0 Å². The van der Waals surface area contributed by atoms with Crippen LogP contribution in [-0.4, -0.2) is 72.1 Å². The highest BCUT2D eigenvalue weighted by atomic mass is 16.5. The smallest absolute Gasteiger partial charge is 0.361 e. The molecular weight excluding hydrogens is 588 g/mol. The number of esters is 1. The zero-order valence-corrected chi connectivity index (χ0v) is 25.3. The average Bonchev–Trinajstić information content (AvgIpc) is 3.66. The fraction of sp³-hybridized carbons (Fsp3) is 0.156. The molecule has 0 aliphatic rings. The van der Waals surface area contributed by atoms with E-state index in [1.54, 1.807) is 43.3 Å². The molecule has 3 aromatic heterocycles. The largest absolute Gasteiger partial charge is 0.461 e. The first kappa shape index (κ1) is 29.9. The van der Waals surface area contributed by atoms with E-state index in [0.29, 0.717) is 22.8 Å². The Hall–Kier alpha value is -6.15. The third-order valence-electron chi connectivity index (χ3n) is 7.09. The lowest BCUT2D eigenvalue weighted by atomic mass is 9.99. The van der Waals surface area contributed by atoms with E-state index in [4.69, 9.17) is 10.5 Å². The Morgan fingerprint density at radius 2 is 1.78 bits per heavy atom. The maximum Gasteiger partial charge on any atom is 0.361 e. The summed E-state index contributed by atoms with van der Waals surface area (Å²) >= 11 is 0. The lowest BCUT2D eigenvalue weighted by molar-refractivity contribution is 0.0521. The molecule has 232 valence electrons. The summed E-state index contributed by atoms with van der Waals surface area (Å²) in [6.45, 7) is 2.53. The maximum atomic E-state index is 13.9. The van der Waals surface area contributed by atoms with Gasteiger partial charge in [0.15, 0.2) is 17.0 Å². The minimum atomic E-state index is -0.758. The summed E-state index contributed by atoms with van der Waals surface area (Å²) in [5.74, 6) is -0.230. The lowest BCUT2D eigenvalue weighted by Crippen LogP contribution is -2.32. The molecule has 0 radical (unpaired) electrons. The summed E-state index contributed by atoms with van der Waals surface area (Å²) < 4.78 is 7.25. The van der Waals surface area contributed by atoms with Crippen LogP contribution < -0.4 is 16.6 Å². The molecule has 1 amide bonds. The van der Waals surface area contributed by atoms with Crippen molar-refractivity contribution in [2.24, 2.45) is 0 Å². The van der Waals surface area contributed by atoms with Crippen molar-refractivity contribution in [3.63, 3.8) is 0 Å². The number of nitrogens with one attached hydrogen (secondary N) is 2. The van der Waals surface area contributed by atoms with Crippen molar-refractivity contribution in [3.8, 4) is 28.2 Å². The van der Waals surface area contributed by atoms with Crippen molar-refractivity contribution >= 4 is 34.7 Å². The molecule has 0 spiro atoms. The molecular formula is C32H30N10O4. The zero-order valence-electron chi connectivity index (χ0n) is 25.3. The van der Waals surface area contributed by atoms with Crippen molar-refractivity contribution in [1.82, 2.24) is 39.4 Å². The SMILES string of the molecule is CCOC(=O)c1nn(-c2cccc(-c3nnc(N)[nH]3)c2)c2c(=O)n(C(=O)Nc3ccc(-c4ccccc4CN(C)C)cc3)cnc12. The number of nitrogens with two attached hydrogens (primary N) is 1. The van der Waals surface area contributed by atoms with Crippen molar-refractivity contribution in [3.05, 3.63) is 101 Å². The van der Waals surface area contributed by atoms with Gasteiger partial charge in [-0.2, -0.15) is 5.10 Å². The summed E-state index contributed by atoms with van der Waals surface area (Å²) in [6, 6.07) is 21.6. The summed E-state index contributed by atoms with van der Waals surface area (Å²) in [4.78, 5) is 49.3. The molecule has 3 aromatic carbocycles. The van der Waals surface area contributed by atoms with Gasteiger partial charge in [0.25, 0.3) is 5.56 Å². The van der Waals surface area contributed by atoms with Crippen LogP contribution in [0.3, 0.4) is 0 Å². The maximum absolute atomic E-state index is 13.9. The Morgan fingerprint density at radius 1 is 1.00 bits per heavy atom. The number of aromatic amines is 1. The highest BCUT2D eigenvalue weighted by Crippen LogP contribution is 2.26. The van der Waals surface area contributed by atoms with Crippen LogP contribution in [0.25, 0.3) is 39.2 Å². The molecule has 0 saturated carbocycles. The average molecular weight is 619 g/mol. The molecule has 0 bridgehead atoms. The number of hydrogen-bond acceptors (Lipinski definition) is 10. The van der Waals surface area contributed by atoms with Gasteiger partial charge in [0, 0.05) is 17.8 Å². The number of fused-ring (bicyclic) bond motifs is 1. The predicted octanol–water partition coefficient (Wildman–Crippen LogP) is 3.94. The summed E-state index contributed by atoms with van der Waals surface area (Å²) in [5, 5.41) is 14.9. The quantitative estimate of drug-likeness (QED) is 0.212. The van der Waals surface area contributed by atoms with Crippen molar-refractivity contribution < 1.29 is 14.3 Å². The van der Waals surface area contributed by atoms with E-state index in [1.807, 2.05) is 38.4 Å². The second kappa shape index (κ2) is 12.5. The molecule has 0 atom stereocenters. The zero-order chi connectivity index (χ0) is 32.4. The van der Waals surface area contributed by atoms with Crippen LogP contribution in [0.2, 0.25) is 0 Å². The monoisotopic (exact) mass is 618 g/mol. The minimum Gasteiger partial charge on any atom is -0.461 e. The number of carbonyl (C=O) groups excluding carboxylic acids is 2. The fourth-order valence-electron chi connectivity index (χ4n) is 5.06. The molecule has 6 aromatic rings. The molecule has 0 aliphatic carbocycles. The molecule has 0 aliphatic heterocycles. The van der Waals surface area contributed by atoms with Gasteiger partial charge in [0.05, 0.1) is 12.3 Å². The van der Waals surface area contributed by atoms with Crippen LogP contribution in [0.15, 0.2) is 83.9 Å². The topological polar surface area (TPSA) is 179 Å². The standard InChI is InChI=1S/C32H30N10O4/c1-4-46-30(44)26-25-27(42(39-26)23-10-7-9-20(16-23)28-36-31(33)38-37-28)29(43)41(18-34-25)32(45)35-22-14-12-19(13-15-22)24-11-6-5-8-21(24)17-40(2)3/h5-16,18H,4,17H2,1-3H3,(H,35,45)(H3,33,36,37,38). The number of nitrogens with zero attached hydrogens (tertiary/aromatic N) is 7. The number of aromatic nitrogens is 7.